The average Bonchev–Trinajstić information content (AvgIpc) is 2.61. The Hall–Kier alpha value is -1.00. The fourth-order valence-corrected chi connectivity index (χ4v) is 2.68. The van der Waals surface area contributed by atoms with E-state index in [1.807, 2.05) is 18.2 Å². The zero-order valence-electron chi connectivity index (χ0n) is 7.82. The minimum absolute atomic E-state index is 0.0488. The van der Waals surface area contributed by atoms with Gasteiger partial charge < -0.3 is 0 Å². The van der Waals surface area contributed by atoms with Gasteiger partial charge in [0.25, 0.3) is 5.91 Å². The van der Waals surface area contributed by atoms with E-state index in [-0.39, 0.29) is 11.2 Å². The van der Waals surface area contributed by atoms with Crippen LogP contribution in [0.2, 0.25) is 0 Å². The summed E-state index contributed by atoms with van der Waals surface area (Å²) in [6, 6.07) is 8.08. The number of rotatable bonds is 2. The molecule has 1 atom stereocenters. The highest BCUT2D eigenvalue weighted by molar-refractivity contribution is 8.01. The van der Waals surface area contributed by atoms with Gasteiger partial charge in [0.05, 0.1) is 12.4 Å². The Morgan fingerprint density at radius 1 is 1.57 bits per heavy atom. The van der Waals surface area contributed by atoms with Crippen molar-refractivity contribution in [1.29, 1.82) is 0 Å². The van der Waals surface area contributed by atoms with Crippen LogP contribution in [-0.2, 0) is 16.1 Å². The summed E-state index contributed by atoms with van der Waals surface area (Å²) in [6.45, 7) is 0. The topological polar surface area (TPSA) is 38.3 Å². The number of hydrogen-bond donors (Lipinski definition) is 1. The number of nitrogens with one attached hydrogen (secondary N) is 1. The van der Waals surface area contributed by atoms with Crippen LogP contribution in [0, 0.1) is 0 Å². The summed E-state index contributed by atoms with van der Waals surface area (Å²) in [7, 11) is 1.45. The number of benzene rings is 1. The van der Waals surface area contributed by atoms with E-state index < -0.39 is 0 Å². The summed E-state index contributed by atoms with van der Waals surface area (Å²) in [5, 5.41) is -0.0488. The molecule has 1 unspecified atom stereocenters. The van der Waals surface area contributed by atoms with E-state index in [1.54, 1.807) is 11.8 Å². The fraction of sp³-hybridized carbons (Fsp3) is 0.300. The molecule has 0 bridgehead atoms. The molecular formula is C10H11NO2S. The van der Waals surface area contributed by atoms with Gasteiger partial charge in [0.1, 0.15) is 0 Å². The van der Waals surface area contributed by atoms with Crippen LogP contribution in [-0.4, -0.2) is 18.3 Å². The Bertz CT molecular complexity index is 329. The van der Waals surface area contributed by atoms with Gasteiger partial charge in [0, 0.05) is 4.90 Å². The van der Waals surface area contributed by atoms with Crippen molar-refractivity contribution in [3.63, 3.8) is 0 Å². The molecule has 0 aromatic heterocycles. The summed E-state index contributed by atoms with van der Waals surface area (Å²) in [5.74, 6) is -0.0614. The van der Waals surface area contributed by atoms with Crippen LogP contribution in [0.1, 0.15) is 5.56 Å². The molecule has 0 radical (unpaired) electrons. The first-order valence-corrected chi connectivity index (χ1v) is 5.26. The summed E-state index contributed by atoms with van der Waals surface area (Å²) >= 11 is 1.59. The van der Waals surface area contributed by atoms with Crippen LogP contribution in [0.25, 0.3) is 0 Å². The Kier molecular flexibility index (Phi) is 2.74. The first kappa shape index (κ1) is 9.55. The lowest BCUT2D eigenvalue weighted by Gasteiger charge is -2.06. The monoisotopic (exact) mass is 209 g/mol. The van der Waals surface area contributed by atoms with Gasteiger partial charge >= 0.3 is 0 Å². The predicted octanol–water partition coefficient (Wildman–Crippen LogP) is 1.38. The van der Waals surface area contributed by atoms with Crippen LogP contribution in [0.5, 0.6) is 0 Å². The molecule has 1 amide bonds. The van der Waals surface area contributed by atoms with Crippen LogP contribution >= 0.6 is 11.8 Å². The van der Waals surface area contributed by atoms with E-state index in [9.17, 15) is 4.79 Å². The third-order valence-corrected chi connectivity index (χ3v) is 3.46. The number of fused-ring (bicyclic) bond motifs is 1. The number of amides is 1. The van der Waals surface area contributed by atoms with Gasteiger partial charge in [-0.2, -0.15) is 0 Å². The molecule has 0 aliphatic carbocycles. The molecule has 1 heterocycles. The molecule has 1 aromatic carbocycles. The van der Waals surface area contributed by atoms with Crippen molar-refractivity contribution in [3.8, 4) is 0 Å². The maximum Gasteiger partial charge on any atom is 0.257 e. The minimum atomic E-state index is -0.0614. The average molecular weight is 209 g/mol. The van der Waals surface area contributed by atoms with Gasteiger partial charge in [-0.1, -0.05) is 18.2 Å². The van der Waals surface area contributed by atoms with Crippen molar-refractivity contribution in [2.75, 3.05) is 7.11 Å². The van der Waals surface area contributed by atoms with Crippen molar-refractivity contribution in [2.24, 2.45) is 0 Å². The molecule has 0 saturated heterocycles. The first-order chi connectivity index (χ1) is 6.81. The molecule has 0 saturated carbocycles. The standard InChI is InChI=1S/C10H11NO2S/c1-13-11-10(12)9-6-7-4-2-3-5-8(7)14-9/h2-5,9H,6H2,1H3,(H,11,12). The second-order valence-electron chi connectivity index (χ2n) is 3.09. The Balaban J connectivity index is 2.08. The summed E-state index contributed by atoms with van der Waals surface area (Å²) < 4.78 is 0. The maximum atomic E-state index is 11.5. The van der Waals surface area contributed by atoms with Crippen LogP contribution in [0.3, 0.4) is 0 Å². The van der Waals surface area contributed by atoms with E-state index in [4.69, 9.17) is 0 Å². The predicted molar refractivity (Wildman–Crippen MR) is 54.9 cm³/mol. The zero-order valence-corrected chi connectivity index (χ0v) is 8.64. The molecule has 1 aliphatic heterocycles. The Morgan fingerprint density at radius 2 is 2.36 bits per heavy atom. The van der Waals surface area contributed by atoms with Crippen LogP contribution in [0.4, 0.5) is 0 Å². The molecule has 0 spiro atoms. The molecule has 1 N–H and O–H groups in total. The number of thioether (sulfide) groups is 1. The number of hydroxylamine groups is 1. The molecule has 3 nitrogen and oxygen atoms in total. The third-order valence-electron chi connectivity index (χ3n) is 2.14. The number of carbonyl (C=O) groups is 1. The van der Waals surface area contributed by atoms with Gasteiger partial charge in [0.2, 0.25) is 0 Å². The lowest BCUT2D eigenvalue weighted by Crippen LogP contribution is -2.31. The van der Waals surface area contributed by atoms with Crippen LogP contribution in [0.15, 0.2) is 29.2 Å². The summed E-state index contributed by atoms with van der Waals surface area (Å²) in [6.07, 6.45) is 0.788. The lowest BCUT2D eigenvalue weighted by molar-refractivity contribution is -0.130. The Morgan fingerprint density at radius 3 is 3.07 bits per heavy atom. The molecular weight excluding hydrogens is 198 g/mol. The summed E-state index contributed by atoms with van der Waals surface area (Å²) in [4.78, 5) is 17.3. The normalized spacial score (nSPS) is 19.1. The summed E-state index contributed by atoms with van der Waals surface area (Å²) in [5.41, 5.74) is 3.61. The molecule has 74 valence electrons. The first-order valence-electron chi connectivity index (χ1n) is 4.38. The highest BCUT2D eigenvalue weighted by Crippen LogP contribution is 2.36. The highest BCUT2D eigenvalue weighted by Gasteiger charge is 2.27. The van der Waals surface area contributed by atoms with Crippen molar-refractivity contribution < 1.29 is 9.63 Å². The van der Waals surface area contributed by atoms with Gasteiger partial charge in [-0.25, -0.2) is 5.48 Å². The third kappa shape index (κ3) is 1.76. The van der Waals surface area contributed by atoms with E-state index in [2.05, 4.69) is 16.4 Å². The molecule has 1 aromatic rings. The lowest BCUT2D eigenvalue weighted by atomic mass is 10.1. The van der Waals surface area contributed by atoms with Crippen molar-refractivity contribution in [1.82, 2.24) is 5.48 Å². The van der Waals surface area contributed by atoms with E-state index in [0.29, 0.717) is 0 Å². The van der Waals surface area contributed by atoms with Crippen molar-refractivity contribution in [2.45, 2.75) is 16.6 Å². The number of carbonyl (C=O) groups excluding carboxylic acids is 1. The second-order valence-corrected chi connectivity index (χ2v) is 4.33. The minimum Gasteiger partial charge on any atom is -0.277 e. The van der Waals surface area contributed by atoms with E-state index in [1.165, 1.54) is 17.6 Å². The molecule has 14 heavy (non-hydrogen) atoms. The SMILES string of the molecule is CONC(=O)C1Cc2ccccc2S1. The smallest absolute Gasteiger partial charge is 0.257 e. The van der Waals surface area contributed by atoms with E-state index >= 15 is 0 Å². The molecule has 4 heteroatoms. The largest absolute Gasteiger partial charge is 0.277 e. The molecule has 0 fully saturated rings. The van der Waals surface area contributed by atoms with Gasteiger partial charge in [-0.15, -0.1) is 11.8 Å². The Labute approximate surface area is 86.8 Å². The second kappa shape index (κ2) is 4.02. The van der Waals surface area contributed by atoms with Crippen molar-refractivity contribution in [3.05, 3.63) is 29.8 Å². The molecule has 2 rings (SSSR count). The molecule has 1 aliphatic rings. The quantitative estimate of drug-likeness (QED) is 0.748. The fourth-order valence-electron chi connectivity index (χ4n) is 1.49. The zero-order chi connectivity index (χ0) is 9.97. The van der Waals surface area contributed by atoms with Crippen molar-refractivity contribution >= 4 is 17.7 Å². The van der Waals surface area contributed by atoms with Crippen LogP contribution < -0.4 is 5.48 Å². The van der Waals surface area contributed by atoms with E-state index in [0.717, 1.165) is 6.42 Å². The number of hydrogen-bond acceptors (Lipinski definition) is 3. The maximum absolute atomic E-state index is 11.5. The van der Waals surface area contributed by atoms with Gasteiger partial charge in [0.15, 0.2) is 0 Å². The van der Waals surface area contributed by atoms with Gasteiger partial charge in [-0.3, -0.25) is 9.63 Å². The van der Waals surface area contributed by atoms with Gasteiger partial charge in [-0.05, 0) is 18.1 Å². The highest BCUT2D eigenvalue weighted by atomic mass is 32.2.